The Kier molecular flexibility index (Phi) is 4.58. The van der Waals surface area contributed by atoms with Crippen LogP contribution >= 0.6 is 11.3 Å². The number of aryl methyl sites for hydroxylation is 1. The number of nitrogens with one attached hydrogen (secondary N) is 1. The van der Waals surface area contributed by atoms with Gasteiger partial charge in [0.25, 0.3) is 0 Å². The van der Waals surface area contributed by atoms with Crippen LogP contribution in [0, 0.1) is 6.92 Å². The molecule has 0 atom stereocenters. The third-order valence-corrected chi connectivity index (χ3v) is 2.99. The molecule has 0 saturated carbocycles. The second-order valence-corrected chi connectivity index (χ2v) is 4.69. The summed E-state index contributed by atoms with van der Waals surface area (Å²) in [5.41, 5.74) is 0. The Morgan fingerprint density at radius 2 is 2.33 bits per heavy atom. The number of likely N-dealkylation sites (N-methyl/N-ethyl adjacent to an activating group) is 1. The molecule has 0 aliphatic heterocycles. The molecule has 0 aliphatic carbocycles. The average Bonchev–Trinajstić information content (AvgIpc) is 2.61. The third kappa shape index (κ3) is 3.89. The van der Waals surface area contributed by atoms with E-state index in [9.17, 15) is 4.79 Å². The smallest absolute Gasteiger partial charge is 0.317 e. The van der Waals surface area contributed by atoms with Crippen LogP contribution in [-0.2, 0) is 6.54 Å². The molecule has 5 heteroatoms. The summed E-state index contributed by atoms with van der Waals surface area (Å²) in [6.45, 7) is 2.93. The fourth-order valence-electron chi connectivity index (χ4n) is 1.13. The van der Waals surface area contributed by atoms with Crippen LogP contribution in [0.1, 0.15) is 9.75 Å². The molecule has 1 rings (SSSR count). The highest BCUT2D eigenvalue weighted by Crippen LogP contribution is 2.14. The fraction of sp³-hybridized carbons (Fsp3) is 0.500. The zero-order chi connectivity index (χ0) is 11.3. The van der Waals surface area contributed by atoms with Gasteiger partial charge >= 0.3 is 6.03 Å². The third-order valence-electron chi connectivity index (χ3n) is 1.99. The molecule has 1 aromatic heterocycles. The molecule has 0 saturated heterocycles. The Morgan fingerprint density at radius 3 is 2.87 bits per heavy atom. The number of aliphatic hydroxyl groups is 1. The Labute approximate surface area is 93.5 Å². The molecule has 84 valence electrons. The van der Waals surface area contributed by atoms with Crippen LogP contribution in [0.25, 0.3) is 0 Å². The molecule has 1 heterocycles. The second kappa shape index (κ2) is 5.72. The lowest BCUT2D eigenvalue weighted by Gasteiger charge is -2.15. The van der Waals surface area contributed by atoms with Gasteiger partial charge in [0, 0.05) is 23.3 Å². The summed E-state index contributed by atoms with van der Waals surface area (Å²) in [6.07, 6.45) is 0. The molecule has 1 aromatic rings. The predicted octanol–water partition coefficient (Wildman–Crippen LogP) is 1.19. The molecule has 0 fully saturated rings. The first-order valence-corrected chi connectivity index (χ1v) is 5.60. The van der Waals surface area contributed by atoms with Gasteiger partial charge < -0.3 is 15.3 Å². The Hall–Kier alpha value is -1.07. The maximum Gasteiger partial charge on any atom is 0.317 e. The van der Waals surface area contributed by atoms with E-state index in [2.05, 4.69) is 5.32 Å². The number of aliphatic hydroxyl groups excluding tert-OH is 1. The highest BCUT2D eigenvalue weighted by molar-refractivity contribution is 7.11. The second-order valence-electron chi connectivity index (χ2n) is 3.32. The van der Waals surface area contributed by atoms with Crippen molar-refractivity contribution in [2.75, 3.05) is 20.2 Å². The minimum atomic E-state index is -0.157. The Bertz CT molecular complexity index is 325. The van der Waals surface area contributed by atoms with Gasteiger partial charge in [-0.1, -0.05) is 0 Å². The van der Waals surface area contributed by atoms with Crippen molar-refractivity contribution in [1.82, 2.24) is 10.2 Å². The molecule has 0 aromatic carbocycles. The zero-order valence-electron chi connectivity index (χ0n) is 8.99. The molecule has 2 amide bonds. The van der Waals surface area contributed by atoms with Crippen molar-refractivity contribution in [3.05, 3.63) is 21.9 Å². The zero-order valence-corrected chi connectivity index (χ0v) is 9.80. The number of amides is 2. The van der Waals surface area contributed by atoms with Gasteiger partial charge in [0.1, 0.15) is 0 Å². The molecule has 4 nitrogen and oxygen atoms in total. The molecular formula is C10H16N2O2S. The first-order valence-electron chi connectivity index (χ1n) is 4.78. The van der Waals surface area contributed by atoms with E-state index in [-0.39, 0.29) is 12.6 Å². The van der Waals surface area contributed by atoms with Crippen LogP contribution in [0.3, 0.4) is 0 Å². The fourth-order valence-corrected chi connectivity index (χ4v) is 1.96. The number of carbonyl (C=O) groups excluding carboxylic acids is 1. The summed E-state index contributed by atoms with van der Waals surface area (Å²) >= 11 is 1.67. The van der Waals surface area contributed by atoms with Crippen molar-refractivity contribution in [2.45, 2.75) is 13.5 Å². The minimum Gasteiger partial charge on any atom is -0.395 e. The van der Waals surface area contributed by atoms with E-state index in [1.54, 1.807) is 18.4 Å². The van der Waals surface area contributed by atoms with E-state index in [0.29, 0.717) is 13.1 Å². The van der Waals surface area contributed by atoms with E-state index in [1.807, 2.05) is 19.1 Å². The molecule has 2 N–H and O–H groups in total. The minimum absolute atomic E-state index is 0.0119. The van der Waals surface area contributed by atoms with Crippen LogP contribution in [-0.4, -0.2) is 36.2 Å². The highest BCUT2D eigenvalue weighted by atomic mass is 32.1. The van der Waals surface area contributed by atoms with E-state index in [0.717, 1.165) is 4.88 Å². The van der Waals surface area contributed by atoms with E-state index < -0.39 is 0 Å². The molecule has 0 aliphatic rings. The van der Waals surface area contributed by atoms with Crippen molar-refractivity contribution < 1.29 is 9.90 Å². The van der Waals surface area contributed by atoms with Crippen LogP contribution in [0.5, 0.6) is 0 Å². The molecule has 0 unspecified atom stereocenters. The normalized spacial score (nSPS) is 10.1. The Morgan fingerprint density at radius 1 is 1.60 bits per heavy atom. The van der Waals surface area contributed by atoms with E-state index >= 15 is 0 Å². The van der Waals surface area contributed by atoms with Gasteiger partial charge in [-0.3, -0.25) is 0 Å². The van der Waals surface area contributed by atoms with Gasteiger partial charge in [0.05, 0.1) is 13.2 Å². The monoisotopic (exact) mass is 228 g/mol. The van der Waals surface area contributed by atoms with Crippen molar-refractivity contribution in [3.8, 4) is 0 Å². The largest absolute Gasteiger partial charge is 0.395 e. The van der Waals surface area contributed by atoms with Gasteiger partial charge in [-0.15, -0.1) is 11.3 Å². The van der Waals surface area contributed by atoms with Crippen molar-refractivity contribution in [1.29, 1.82) is 0 Å². The number of hydrogen-bond acceptors (Lipinski definition) is 3. The number of urea groups is 1. The van der Waals surface area contributed by atoms with Crippen LogP contribution in [0.15, 0.2) is 12.1 Å². The van der Waals surface area contributed by atoms with Crippen molar-refractivity contribution in [3.63, 3.8) is 0 Å². The van der Waals surface area contributed by atoms with Crippen molar-refractivity contribution >= 4 is 17.4 Å². The summed E-state index contributed by atoms with van der Waals surface area (Å²) in [4.78, 5) is 15.3. The summed E-state index contributed by atoms with van der Waals surface area (Å²) in [5.74, 6) is 0. The number of hydrogen-bond donors (Lipinski definition) is 2. The molecule has 0 spiro atoms. The van der Waals surface area contributed by atoms with E-state index in [4.69, 9.17) is 5.11 Å². The highest BCUT2D eigenvalue weighted by Gasteiger charge is 2.07. The van der Waals surface area contributed by atoms with Crippen molar-refractivity contribution in [2.24, 2.45) is 0 Å². The number of carbonyl (C=O) groups is 1. The van der Waals surface area contributed by atoms with Gasteiger partial charge in [-0.05, 0) is 19.1 Å². The molecule has 15 heavy (non-hydrogen) atoms. The van der Waals surface area contributed by atoms with Gasteiger partial charge in [0.15, 0.2) is 0 Å². The number of rotatable bonds is 4. The van der Waals surface area contributed by atoms with Gasteiger partial charge in [-0.25, -0.2) is 4.79 Å². The molecular weight excluding hydrogens is 212 g/mol. The molecule has 0 radical (unpaired) electrons. The standard InChI is InChI=1S/C10H16N2O2S/c1-8-3-4-9(15-8)7-11-10(14)12(2)5-6-13/h3-4,13H,5-7H2,1-2H3,(H,11,14). The van der Waals surface area contributed by atoms with Crippen LogP contribution in [0.4, 0.5) is 4.79 Å². The number of nitrogens with zero attached hydrogens (tertiary/aromatic N) is 1. The maximum atomic E-state index is 11.4. The predicted molar refractivity (Wildman–Crippen MR) is 61.0 cm³/mol. The Balaban J connectivity index is 2.34. The first kappa shape index (κ1) is 12.0. The SMILES string of the molecule is Cc1ccc(CNC(=O)N(C)CCO)s1. The first-order chi connectivity index (χ1) is 7.13. The van der Waals surface area contributed by atoms with Gasteiger partial charge in [-0.2, -0.15) is 0 Å². The topological polar surface area (TPSA) is 52.6 Å². The lowest BCUT2D eigenvalue weighted by atomic mass is 10.4. The maximum absolute atomic E-state index is 11.4. The number of thiophene rings is 1. The van der Waals surface area contributed by atoms with Crippen LogP contribution in [0.2, 0.25) is 0 Å². The quantitative estimate of drug-likeness (QED) is 0.813. The lowest BCUT2D eigenvalue weighted by Crippen LogP contribution is -2.38. The van der Waals surface area contributed by atoms with E-state index in [1.165, 1.54) is 9.78 Å². The summed E-state index contributed by atoms with van der Waals surface area (Å²) in [6, 6.07) is 3.88. The molecule has 0 bridgehead atoms. The van der Waals surface area contributed by atoms with Gasteiger partial charge in [0.2, 0.25) is 0 Å². The average molecular weight is 228 g/mol. The van der Waals surface area contributed by atoms with Crippen LogP contribution < -0.4 is 5.32 Å². The summed E-state index contributed by atoms with van der Waals surface area (Å²) in [7, 11) is 1.66. The summed E-state index contributed by atoms with van der Waals surface area (Å²) in [5, 5.41) is 11.4. The summed E-state index contributed by atoms with van der Waals surface area (Å²) < 4.78 is 0. The lowest BCUT2D eigenvalue weighted by molar-refractivity contribution is 0.190.